The maximum Gasteiger partial charge on any atom is 0.355 e. The number of nitrogens with zero attached hydrogens (tertiary/aromatic N) is 1. The summed E-state index contributed by atoms with van der Waals surface area (Å²) >= 11 is 11.9. The molecule has 0 radical (unpaired) electrons. The fourth-order valence-corrected chi connectivity index (χ4v) is 3.15. The predicted octanol–water partition coefficient (Wildman–Crippen LogP) is 4.86. The summed E-state index contributed by atoms with van der Waals surface area (Å²) in [6, 6.07) is 4.86. The quantitative estimate of drug-likeness (QED) is 0.750. The van der Waals surface area contributed by atoms with Gasteiger partial charge in [-0.3, -0.25) is 4.79 Å². The molecule has 0 unspecified atom stereocenters. The first kappa shape index (κ1) is 19.3. The predicted molar refractivity (Wildman–Crippen MR) is 100.0 cm³/mol. The van der Waals surface area contributed by atoms with Gasteiger partial charge in [-0.2, -0.15) is 0 Å². The zero-order chi connectivity index (χ0) is 18.7. The minimum Gasteiger partial charge on any atom is -0.461 e. The monoisotopic (exact) mass is 382 g/mol. The van der Waals surface area contributed by atoms with E-state index in [2.05, 4.69) is 5.32 Å². The van der Waals surface area contributed by atoms with E-state index in [0.29, 0.717) is 44.8 Å². The number of nitrogens with one attached hydrogen (secondary N) is 1. The summed E-state index contributed by atoms with van der Waals surface area (Å²) in [7, 11) is 0. The highest BCUT2D eigenvalue weighted by molar-refractivity contribution is 6.42. The minimum atomic E-state index is -0.432. The second-order valence-electron chi connectivity index (χ2n) is 5.48. The Morgan fingerprint density at radius 2 is 1.84 bits per heavy atom. The van der Waals surface area contributed by atoms with E-state index < -0.39 is 5.97 Å². The van der Waals surface area contributed by atoms with Gasteiger partial charge >= 0.3 is 5.97 Å². The number of rotatable bonds is 5. The third-order valence-corrected chi connectivity index (χ3v) is 4.70. The number of anilines is 1. The van der Waals surface area contributed by atoms with Crippen molar-refractivity contribution in [2.75, 3.05) is 11.9 Å². The van der Waals surface area contributed by atoms with Crippen molar-refractivity contribution in [3.8, 4) is 0 Å². The molecule has 0 atom stereocenters. The Kier molecular flexibility index (Phi) is 6.14. The minimum absolute atomic E-state index is 0.275. The van der Waals surface area contributed by atoms with Gasteiger partial charge in [0.05, 0.1) is 22.2 Å². The van der Waals surface area contributed by atoms with Gasteiger partial charge in [0.25, 0.3) is 5.91 Å². The molecule has 0 spiro atoms. The number of halogens is 2. The molecule has 0 fully saturated rings. The SMILES string of the molecule is CCOC(=O)c1c(C)c(C(=O)Nc2ccc(Cl)c(Cl)c2)c(C)n1CC. The van der Waals surface area contributed by atoms with E-state index in [4.69, 9.17) is 27.9 Å². The molecule has 25 heavy (non-hydrogen) atoms. The van der Waals surface area contributed by atoms with Crippen molar-refractivity contribution in [2.45, 2.75) is 34.2 Å². The van der Waals surface area contributed by atoms with Crippen LogP contribution in [0.15, 0.2) is 18.2 Å². The normalized spacial score (nSPS) is 10.6. The van der Waals surface area contributed by atoms with Crippen LogP contribution in [0, 0.1) is 13.8 Å². The Hall–Kier alpha value is -1.98. The van der Waals surface area contributed by atoms with Crippen molar-refractivity contribution >= 4 is 40.8 Å². The molecular formula is C18H20Cl2N2O3. The lowest BCUT2D eigenvalue weighted by Gasteiger charge is -2.08. The zero-order valence-corrected chi connectivity index (χ0v) is 16.1. The third kappa shape index (κ3) is 3.83. The van der Waals surface area contributed by atoms with E-state index >= 15 is 0 Å². The summed E-state index contributed by atoms with van der Waals surface area (Å²) in [4.78, 5) is 25.0. The van der Waals surface area contributed by atoms with Crippen LogP contribution < -0.4 is 5.32 Å². The second kappa shape index (κ2) is 7.93. The highest BCUT2D eigenvalue weighted by Gasteiger charge is 2.26. The largest absolute Gasteiger partial charge is 0.461 e. The standard InChI is InChI=1S/C18H20Cl2N2O3/c1-5-22-11(4)15(10(3)16(22)18(24)25-6-2)17(23)21-12-7-8-13(19)14(20)9-12/h7-9H,5-6H2,1-4H3,(H,21,23). The average molecular weight is 383 g/mol. The van der Waals surface area contributed by atoms with Crippen LogP contribution >= 0.6 is 23.2 Å². The van der Waals surface area contributed by atoms with Crippen molar-refractivity contribution in [3.63, 3.8) is 0 Å². The molecule has 134 valence electrons. The van der Waals surface area contributed by atoms with Crippen molar-refractivity contribution in [1.29, 1.82) is 0 Å². The molecule has 5 nitrogen and oxygen atoms in total. The van der Waals surface area contributed by atoms with Crippen LogP contribution in [-0.4, -0.2) is 23.1 Å². The lowest BCUT2D eigenvalue weighted by Crippen LogP contribution is -2.14. The number of benzene rings is 1. The van der Waals surface area contributed by atoms with E-state index in [1.165, 1.54) is 0 Å². The highest BCUT2D eigenvalue weighted by atomic mass is 35.5. The Bertz CT molecular complexity index is 828. The molecule has 0 aliphatic carbocycles. The smallest absolute Gasteiger partial charge is 0.355 e. The molecule has 0 bridgehead atoms. The Morgan fingerprint density at radius 1 is 1.16 bits per heavy atom. The molecule has 1 aromatic heterocycles. The first-order chi connectivity index (χ1) is 11.8. The van der Waals surface area contributed by atoms with Gasteiger partial charge in [0.1, 0.15) is 5.69 Å². The first-order valence-electron chi connectivity index (χ1n) is 7.94. The molecule has 0 aliphatic rings. The van der Waals surface area contributed by atoms with Gasteiger partial charge in [-0.15, -0.1) is 0 Å². The van der Waals surface area contributed by atoms with Gasteiger partial charge in [0.2, 0.25) is 0 Å². The Balaban J connectivity index is 2.42. The molecule has 0 saturated heterocycles. The van der Waals surface area contributed by atoms with Crippen LogP contribution in [0.3, 0.4) is 0 Å². The summed E-state index contributed by atoms with van der Waals surface area (Å²) in [5, 5.41) is 3.56. The van der Waals surface area contributed by atoms with Gasteiger partial charge in [0, 0.05) is 17.9 Å². The molecule has 1 N–H and O–H groups in total. The number of hydrogen-bond acceptors (Lipinski definition) is 3. The lowest BCUT2D eigenvalue weighted by atomic mass is 10.1. The summed E-state index contributed by atoms with van der Waals surface area (Å²) in [6.45, 7) is 8.04. The molecule has 2 rings (SSSR count). The van der Waals surface area contributed by atoms with E-state index in [-0.39, 0.29) is 12.5 Å². The van der Waals surface area contributed by atoms with Gasteiger partial charge in [-0.05, 0) is 51.5 Å². The fourth-order valence-electron chi connectivity index (χ4n) is 2.85. The van der Waals surface area contributed by atoms with Crippen molar-refractivity contribution in [3.05, 3.63) is 50.8 Å². The van der Waals surface area contributed by atoms with Gasteiger partial charge in [-0.25, -0.2) is 4.79 Å². The molecule has 1 heterocycles. The molecule has 0 aliphatic heterocycles. The maximum absolute atomic E-state index is 12.8. The van der Waals surface area contributed by atoms with Crippen molar-refractivity contribution < 1.29 is 14.3 Å². The molecule has 0 saturated carbocycles. The second-order valence-corrected chi connectivity index (χ2v) is 6.30. The van der Waals surface area contributed by atoms with Crippen LogP contribution in [0.25, 0.3) is 0 Å². The van der Waals surface area contributed by atoms with Crippen molar-refractivity contribution in [1.82, 2.24) is 4.57 Å². The summed E-state index contributed by atoms with van der Waals surface area (Å²) in [6.07, 6.45) is 0. The van der Waals surface area contributed by atoms with Gasteiger partial charge < -0.3 is 14.6 Å². The molecule has 1 amide bonds. The molecule has 1 aromatic carbocycles. The highest BCUT2D eigenvalue weighted by Crippen LogP contribution is 2.27. The average Bonchev–Trinajstić information content (AvgIpc) is 2.81. The van der Waals surface area contributed by atoms with E-state index in [1.54, 1.807) is 36.6 Å². The number of aromatic nitrogens is 1. The van der Waals surface area contributed by atoms with Crippen LogP contribution in [0.2, 0.25) is 10.0 Å². The Morgan fingerprint density at radius 3 is 2.40 bits per heavy atom. The zero-order valence-electron chi connectivity index (χ0n) is 14.6. The number of hydrogen-bond donors (Lipinski definition) is 1. The maximum atomic E-state index is 12.8. The number of esters is 1. The summed E-state index contributed by atoms with van der Waals surface area (Å²) in [5.74, 6) is -0.746. The van der Waals surface area contributed by atoms with Crippen LogP contribution in [0.5, 0.6) is 0 Å². The van der Waals surface area contributed by atoms with Crippen LogP contribution in [0.1, 0.15) is 46.0 Å². The molecule has 2 aromatic rings. The van der Waals surface area contributed by atoms with Crippen LogP contribution in [-0.2, 0) is 11.3 Å². The van der Waals surface area contributed by atoms with Gasteiger partial charge in [0.15, 0.2) is 0 Å². The lowest BCUT2D eigenvalue weighted by molar-refractivity contribution is 0.0512. The van der Waals surface area contributed by atoms with Crippen molar-refractivity contribution in [2.24, 2.45) is 0 Å². The molecule has 7 heteroatoms. The Labute approximate surface area is 156 Å². The number of amides is 1. The van der Waals surface area contributed by atoms with E-state index in [1.807, 2.05) is 13.8 Å². The fraction of sp³-hybridized carbons (Fsp3) is 0.333. The molecular weight excluding hydrogens is 363 g/mol. The van der Waals surface area contributed by atoms with Crippen LogP contribution in [0.4, 0.5) is 5.69 Å². The third-order valence-electron chi connectivity index (χ3n) is 3.96. The number of carbonyl (C=O) groups excluding carboxylic acids is 2. The number of carbonyl (C=O) groups is 2. The van der Waals surface area contributed by atoms with Gasteiger partial charge in [-0.1, -0.05) is 23.2 Å². The first-order valence-corrected chi connectivity index (χ1v) is 8.70. The summed E-state index contributed by atoms with van der Waals surface area (Å²) in [5.41, 5.74) is 2.69. The van der Waals surface area contributed by atoms with E-state index in [9.17, 15) is 9.59 Å². The summed E-state index contributed by atoms with van der Waals surface area (Å²) < 4.78 is 6.91. The van der Waals surface area contributed by atoms with E-state index in [0.717, 1.165) is 0 Å². The number of ether oxygens (including phenoxy) is 1. The topological polar surface area (TPSA) is 60.3 Å².